The molecule has 0 bridgehead atoms. The van der Waals surface area contributed by atoms with Crippen molar-refractivity contribution in [1.29, 1.82) is 0 Å². The van der Waals surface area contributed by atoms with E-state index in [0.717, 1.165) is 6.07 Å². The summed E-state index contributed by atoms with van der Waals surface area (Å²) in [6.07, 6.45) is -4.78. The van der Waals surface area contributed by atoms with Gasteiger partial charge in [-0.3, -0.25) is 4.79 Å². The fourth-order valence-corrected chi connectivity index (χ4v) is 5.65. The van der Waals surface area contributed by atoms with Crippen molar-refractivity contribution in [2.75, 3.05) is 64.5 Å². The minimum atomic E-state index is -4.78. The monoisotopic (exact) mass is 531 g/mol. The number of alkyl halides is 3. The number of ether oxygens (including phenoxy) is 2. The van der Waals surface area contributed by atoms with E-state index in [1.54, 1.807) is 6.07 Å². The fraction of sp³-hybridized carbons (Fsp3) is 0.435. The van der Waals surface area contributed by atoms with Gasteiger partial charge in [-0.15, -0.1) is 0 Å². The van der Waals surface area contributed by atoms with Crippen LogP contribution in [0.3, 0.4) is 0 Å². The van der Waals surface area contributed by atoms with Crippen molar-refractivity contribution in [3.05, 3.63) is 53.3 Å². The third-order valence-corrected chi connectivity index (χ3v) is 8.03. The molecule has 0 unspecified atom stereocenters. The second-order valence-corrected chi connectivity index (χ2v) is 10.3. The Kier molecular flexibility index (Phi) is 7.43. The molecule has 36 heavy (non-hydrogen) atoms. The lowest BCUT2D eigenvalue weighted by atomic mass is 10.1. The van der Waals surface area contributed by atoms with Gasteiger partial charge in [-0.25, -0.2) is 12.8 Å². The highest BCUT2D eigenvalue weighted by atomic mass is 32.2. The first-order valence-electron chi connectivity index (χ1n) is 11.2. The molecule has 13 heteroatoms. The highest BCUT2D eigenvalue weighted by Crippen LogP contribution is 2.34. The normalized spacial score (nSPS) is 17.8. The van der Waals surface area contributed by atoms with Crippen LogP contribution in [0.15, 0.2) is 41.3 Å². The number of methoxy groups -OCH3 is 1. The van der Waals surface area contributed by atoms with Crippen LogP contribution in [0.4, 0.5) is 23.2 Å². The number of hydrogen-bond acceptors (Lipinski definition) is 6. The van der Waals surface area contributed by atoms with Crippen LogP contribution in [0.25, 0.3) is 0 Å². The first-order valence-corrected chi connectivity index (χ1v) is 12.6. The summed E-state index contributed by atoms with van der Waals surface area (Å²) in [7, 11) is -2.29. The summed E-state index contributed by atoms with van der Waals surface area (Å²) in [6, 6.07) is 6.32. The number of carbonyl (C=O) groups excluding carboxylic acids is 1. The minimum absolute atomic E-state index is 0.0955. The molecule has 0 aromatic heterocycles. The van der Waals surface area contributed by atoms with Gasteiger partial charge in [0.05, 0.1) is 36.5 Å². The summed E-state index contributed by atoms with van der Waals surface area (Å²) in [5, 5.41) is 0. The summed E-state index contributed by atoms with van der Waals surface area (Å²) < 4.78 is 91.1. The molecule has 0 radical (unpaired) electrons. The SMILES string of the molecule is COc1ccc(S(=O)(=O)N2CCOCC2)cc1N1CCN(C(=O)c2cc(F)cc(C(F)(F)F)c2)CC1. The molecule has 2 aromatic rings. The smallest absolute Gasteiger partial charge is 0.416 e. The van der Waals surface area contributed by atoms with Crippen LogP contribution < -0.4 is 9.64 Å². The van der Waals surface area contributed by atoms with E-state index >= 15 is 0 Å². The minimum Gasteiger partial charge on any atom is -0.495 e. The molecule has 0 aliphatic carbocycles. The predicted molar refractivity (Wildman–Crippen MR) is 122 cm³/mol. The van der Waals surface area contributed by atoms with Crippen molar-refractivity contribution in [1.82, 2.24) is 9.21 Å². The predicted octanol–water partition coefficient (Wildman–Crippen LogP) is 2.84. The fourth-order valence-electron chi connectivity index (χ4n) is 4.22. The third kappa shape index (κ3) is 5.42. The van der Waals surface area contributed by atoms with E-state index in [-0.39, 0.29) is 49.7 Å². The van der Waals surface area contributed by atoms with Crippen molar-refractivity contribution in [2.24, 2.45) is 0 Å². The molecular weight excluding hydrogens is 506 g/mol. The Morgan fingerprint density at radius 1 is 0.972 bits per heavy atom. The maximum absolute atomic E-state index is 13.8. The first-order chi connectivity index (χ1) is 17.0. The number of halogens is 4. The zero-order chi connectivity index (χ0) is 26.1. The van der Waals surface area contributed by atoms with E-state index < -0.39 is 33.5 Å². The lowest BCUT2D eigenvalue weighted by molar-refractivity contribution is -0.137. The lowest BCUT2D eigenvalue weighted by Crippen LogP contribution is -2.49. The van der Waals surface area contributed by atoms with Crippen molar-refractivity contribution < 1.29 is 40.2 Å². The maximum Gasteiger partial charge on any atom is 0.416 e. The number of sulfonamides is 1. The van der Waals surface area contributed by atoms with Crippen molar-refractivity contribution in [3.8, 4) is 5.75 Å². The largest absolute Gasteiger partial charge is 0.495 e. The Hall–Kier alpha value is -2.90. The number of morpholine rings is 1. The number of hydrogen-bond donors (Lipinski definition) is 0. The van der Waals surface area contributed by atoms with Gasteiger partial charge in [0.25, 0.3) is 5.91 Å². The van der Waals surface area contributed by atoms with E-state index in [1.807, 2.05) is 4.90 Å². The molecule has 0 N–H and O–H groups in total. The van der Waals surface area contributed by atoms with Crippen LogP contribution in [-0.2, 0) is 20.9 Å². The van der Waals surface area contributed by atoms with Crippen molar-refractivity contribution in [2.45, 2.75) is 11.1 Å². The van der Waals surface area contributed by atoms with E-state index in [0.29, 0.717) is 36.8 Å². The number of benzene rings is 2. The number of piperazine rings is 1. The molecule has 2 heterocycles. The van der Waals surface area contributed by atoms with Crippen LogP contribution in [0.2, 0.25) is 0 Å². The number of nitrogens with zero attached hydrogens (tertiary/aromatic N) is 3. The Morgan fingerprint density at radius 2 is 1.64 bits per heavy atom. The van der Waals surface area contributed by atoms with Crippen LogP contribution in [0, 0.1) is 5.82 Å². The molecule has 2 aromatic carbocycles. The second-order valence-electron chi connectivity index (χ2n) is 8.36. The molecule has 2 saturated heterocycles. The van der Waals surface area contributed by atoms with E-state index in [2.05, 4.69) is 0 Å². The van der Waals surface area contributed by atoms with Gasteiger partial charge in [0.15, 0.2) is 0 Å². The molecule has 1 amide bonds. The average Bonchev–Trinajstić information content (AvgIpc) is 2.87. The van der Waals surface area contributed by atoms with Crippen molar-refractivity contribution >= 4 is 21.6 Å². The molecule has 2 fully saturated rings. The van der Waals surface area contributed by atoms with Gasteiger partial charge in [0, 0.05) is 44.8 Å². The topological polar surface area (TPSA) is 79.4 Å². The zero-order valence-corrected chi connectivity index (χ0v) is 20.2. The van der Waals surface area contributed by atoms with Gasteiger partial charge < -0.3 is 19.3 Å². The summed E-state index contributed by atoms with van der Waals surface area (Å²) >= 11 is 0. The Balaban J connectivity index is 1.51. The highest BCUT2D eigenvalue weighted by Gasteiger charge is 2.33. The van der Waals surface area contributed by atoms with E-state index in [4.69, 9.17) is 9.47 Å². The maximum atomic E-state index is 13.8. The summed E-state index contributed by atoms with van der Waals surface area (Å²) in [6.45, 7) is 1.94. The van der Waals surface area contributed by atoms with Crippen LogP contribution in [0.1, 0.15) is 15.9 Å². The van der Waals surface area contributed by atoms with Gasteiger partial charge in [-0.1, -0.05) is 0 Å². The number of carbonyl (C=O) groups is 1. The molecule has 8 nitrogen and oxygen atoms in total. The molecule has 0 atom stereocenters. The Bertz CT molecular complexity index is 1220. The van der Waals surface area contributed by atoms with Crippen LogP contribution >= 0.6 is 0 Å². The summed E-state index contributed by atoms with van der Waals surface area (Å²) in [4.78, 5) is 16.1. The van der Waals surface area contributed by atoms with Gasteiger partial charge in [-0.05, 0) is 36.4 Å². The van der Waals surface area contributed by atoms with E-state index in [9.17, 15) is 30.8 Å². The number of anilines is 1. The molecule has 4 rings (SSSR count). The van der Waals surface area contributed by atoms with Gasteiger partial charge in [0.1, 0.15) is 11.6 Å². The number of amides is 1. The standard InChI is InChI=1S/C23H25F4N3O5S/c1-34-21-3-2-19(36(32,33)30-8-10-35-11-9-30)15-20(21)28-4-6-29(7-5-28)22(31)16-12-17(23(25,26)27)14-18(24)13-16/h2-3,12-15H,4-11H2,1H3. The van der Waals surface area contributed by atoms with Crippen LogP contribution in [0.5, 0.6) is 5.75 Å². The molecule has 0 spiro atoms. The third-order valence-electron chi connectivity index (χ3n) is 6.14. The molecule has 2 aliphatic rings. The molecule has 0 saturated carbocycles. The Labute approximate surface area is 206 Å². The first kappa shape index (κ1) is 26.2. The van der Waals surface area contributed by atoms with Crippen molar-refractivity contribution in [3.63, 3.8) is 0 Å². The quantitative estimate of drug-likeness (QED) is 0.553. The summed E-state index contributed by atoms with van der Waals surface area (Å²) in [5.74, 6) is -1.42. The molecule has 2 aliphatic heterocycles. The molecule has 196 valence electrons. The van der Waals surface area contributed by atoms with Gasteiger partial charge in [-0.2, -0.15) is 17.5 Å². The highest BCUT2D eigenvalue weighted by molar-refractivity contribution is 7.89. The zero-order valence-electron chi connectivity index (χ0n) is 19.4. The average molecular weight is 532 g/mol. The lowest BCUT2D eigenvalue weighted by Gasteiger charge is -2.37. The van der Waals surface area contributed by atoms with Crippen LogP contribution in [-0.4, -0.2) is 83.1 Å². The van der Waals surface area contributed by atoms with E-state index in [1.165, 1.54) is 28.4 Å². The summed E-state index contributed by atoms with van der Waals surface area (Å²) in [5.41, 5.74) is -1.09. The van der Waals surface area contributed by atoms with Gasteiger partial charge in [0.2, 0.25) is 10.0 Å². The van der Waals surface area contributed by atoms with Gasteiger partial charge >= 0.3 is 6.18 Å². The molecular formula is C23H25F4N3O5S. The number of rotatable bonds is 5. The Morgan fingerprint density at radius 3 is 2.25 bits per heavy atom. The second kappa shape index (κ2) is 10.2.